The van der Waals surface area contributed by atoms with E-state index in [2.05, 4.69) is 51.3 Å². The van der Waals surface area contributed by atoms with Gasteiger partial charge in [0.2, 0.25) is 0 Å². The SMILES string of the molecule is c1ccc(CN2CCc3[nH]c4cnccc4c3C2)cc1. The fourth-order valence-corrected chi connectivity index (χ4v) is 3.10. The predicted molar refractivity (Wildman–Crippen MR) is 80.4 cm³/mol. The maximum Gasteiger partial charge on any atom is 0.0645 e. The zero-order valence-corrected chi connectivity index (χ0v) is 11.3. The van der Waals surface area contributed by atoms with Gasteiger partial charge >= 0.3 is 0 Å². The summed E-state index contributed by atoms with van der Waals surface area (Å²) in [7, 11) is 0. The number of hydrogen-bond donors (Lipinski definition) is 1. The number of H-pyrrole nitrogens is 1. The minimum absolute atomic E-state index is 1.02. The minimum Gasteiger partial charge on any atom is -0.357 e. The second-order valence-corrected chi connectivity index (χ2v) is 5.45. The Morgan fingerprint density at radius 3 is 2.95 bits per heavy atom. The van der Waals surface area contributed by atoms with Gasteiger partial charge in [0.1, 0.15) is 0 Å². The third-order valence-electron chi connectivity index (χ3n) is 4.10. The van der Waals surface area contributed by atoms with Gasteiger partial charge < -0.3 is 4.98 Å². The van der Waals surface area contributed by atoms with E-state index in [-0.39, 0.29) is 0 Å². The number of benzene rings is 1. The van der Waals surface area contributed by atoms with Crippen molar-refractivity contribution in [3.05, 3.63) is 65.6 Å². The van der Waals surface area contributed by atoms with Crippen molar-refractivity contribution in [2.45, 2.75) is 19.5 Å². The van der Waals surface area contributed by atoms with Crippen molar-refractivity contribution in [1.82, 2.24) is 14.9 Å². The zero-order valence-electron chi connectivity index (χ0n) is 11.3. The van der Waals surface area contributed by atoms with Crippen LogP contribution in [0.4, 0.5) is 0 Å². The van der Waals surface area contributed by atoms with Gasteiger partial charge in [-0.1, -0.05) is 30.3 Å². The lowest BCUT2D eigenvalue weighted by Gasteiger charge is -2.27. The van der Waals surface area contributed by atoms with Crippen LogP contribution in [-0.4, -0.2) is 21.4 Å². The Kier molecular flexibility index (Phi) is 2.78. The highest BCUT2D eigenvalue weighted by Crippen LogP contribution is 2.27. The second kappa shape index (κ2) is 4.76. The van der Waals surface area contributed by atoms with E-state index < -0.39 is 0 Å². The maximum atomic E-state index is 4.20. The summed E-state index contributed by atoms with van der Waals surface area (Å²) < 4.78 is 0. The smallest absolute Gasteiger partial charge is 0.0645 e. The zero-order chi connectivity index (χ0) is 13.4. The van der Waals surface area contributed by atoms with Gasteiger partial charge in [-0.05, 0) is 17.2 Å². The highest BCUT2D eigenvalue weighted by atomic mass is 15.1. The molecule has 0 amide bonds. The van der Waals surface area contributed by atoms with Gasteiger partial charge in [-0.25, -0.2) is 0 Å². The number of aromatic amines is 1. The molecular weight excluding hydrogens is 246 g/mol. The molecule has 0 unspecified atom stereocenters. The lowest BCUT2D eigenvalue weighted by atomic mass is 10.0. The quantitative estimate of drug-likeness (QED) is 0.770. The van der Waals surface area contributed by atoms with E-state index in [1.54, 1.807) is 0 Å². The Hall–Kier alpha value is -2.13. The van der Waals surface area contributed by atoms with E-state index in [1.165, 1.54) is 27.7 Å². The molecule has 3 heteroatoms. The molecule has 1 aromatic carbocycles. The van der Waals surface area contributed by atoms with E-state index in [4.69, 9.17) is 0 Å². The number of rotatable bonds is 2. The number of hydrogen-bond acceptors (Lipinski definition) is 2. The van der Waals surface area contributed by atoms with Crippen LogP contribution in [0.15, 0.2) is 48.8 Å². The highest BCUT2D eigenvalue weighted by Gasteiger charge is 2.20. The summed E-state index contributed by atoms with van der Waals surface area (Å²) in [5, 5.41) is 1.33. The number of pyridine rings is 1. The molecule has 1 N–H and O–H groups in total. The molecule has 3 aromatic rings. The topological polar surface area (TPSA) is 31.9 Å². The first-order valence-electron chi connectivity index (χ1n) is 7.10. The molecular formula is C17H17N3. The van der Waals surface area contributed by atoms with Crippen LogP contribution in [0.25, 0.3) is 10.9 Å². The number of fused-ring (bicyclic) bond motifs is 3. The van der Waals surface area contributed by atoms with Gasteiger partial charge in [0.05, 0.1) is 11.7 Å². The van der Waals surface area contributed by atoms with Crippen LogP contribution >= 0.6 is 0 Å². The van der Waals surface area contributed by atoms with Crippen molar-refractivity contribution in [2.75, 3.05) is 6.54 Å². The highest BCUT2D eigenvalue weighted by molar-refractivity contribution is 5.83. The Bertz CT molecular complexity index is 730. The molecule has 0 saturated carbocycles. The van der Waals surface area contributed by atoms with Crippen LogP contribution in [0.3, 0.4) is 0 Å². The van der Waals surface area contributed by atoms with Gasteiger partial charge in [-0.3, -0.25) is 9.88 Å². The van der Waals surface area contributed by atoms with Crippen LogP contribution in [-0.2, 0) is 19.5 Å². The summed E-state index contributed by atoms with van der Waals surface area (Å²) in [4.78, 5) is 10.2. The van der Waals surface area contributed by atoms with E-state index in [9.17, 15) is 0 Å². The molecule has 0 aliphatic carbocycles. The van der Waals surface area contributed by atoms with Gasteiger partial charge in [0.15, 0.2) is 0 Å². The van der Waals surface area contributed by atoms with Crippen LogP contribution < -0.4 is 0 Å². The lowest BCUT2D eigenvalue weighted by Crippen LogP contribution is -2.29. The monoisotopic (exact) mass is 263 g/mol. The fourth-order valence-electron chi connectivity index (χ4n) is 3.10. The van der Waals surface area contributed by atoms with Crippen molar-refractivity contribution < 1.29 is 0 Å². The molecule has 2 aromatic heterocycles. The Balaban J connectivity index is 1.63. The molecule has 0 spiro atoms. The molecule has 0 bridgehead atoms. The molecule has 0 atom stereocenters. The van der Waals surface area contributed by atoms with Crippen LogP contribution in [0, 0.1) is 0 Å². The van der Waals surface area contributed by atoms with Crippen LogP contribution in [0.1, 0.15) is 16.8 Å². The first-order valence-corrected chi connectivity index (χ1v) is 7.10. The van der Waals surface area contributed by atoms with Crippen molar-refractivity contribution in [1.29, 1.82) is 0 Å². The van der Waals surface area contributed by atoms with E-state index in [1.807, 2.05) is 12.4 Å². The van der Waals surface area contributed by atoms with Crippen LogP contribution in [0.5, 0.6) is 0 Å². The third kappa shape index (κ3) is 2.00. The largest absolute Gasteiger partial charge is 0.357 e. The average Bonchev–Trinajstić information content (AvgIpc) is 2.86. The molecule has 1 aliphatic rings. The predicted octanol–water partition coefficient (Wildman–Crippen LogP) is 3.12. The minimum atomic E-state index is 1.02. The van der Waals surface area contributed by atoms with Crippen LogP contribution in [0.2, 0.25) is 0 Å². The van der Waals surface area contributed by atoms with E-state index >= 15 is 0 Å². The number of nitrogens with one attached hydrogen (secondary N) is 1. The van der Waals surface area contributed by atoms with Gasteiger partial charge in [0.25, 0.3) is 0 Å². The molecule has 0 radical (unpaired) electrons. The fraction of sp³-hybridized carbons (Fsp3) is 0.235. The molecule has 3 heterocycles. The molecule has 0 fully saturated rings. The molecule has 4 rings (SSSR count). The van der Waals surface area contributed by atoms with Crippen molar-refractivity contribution in [3.63, 3.8) is 0 Å². The van der Waals surface area contributed by atoms with Crippen molar-refractivity contribution in [2.24, 2.45) is 0 Å². The summed E-state index contributed by atoms with van der Waals surface area (Å²) >= 11 is 0. The van der Waals surface area contributed by atoms with E-state index in [0.29, 0.717) is 0 Å². The Morgan fingerprint density at radius 1 is 1.15 bits per heavy atom. The first kappa shape index (κ1) is 11.7. The molecule has 3 nitrogen and oxygen atoms in total. The summed E-state index contributed by atoms with van der Waals surface area (Å²) in [5.41, 5.74) is 5.39. The van der Waals surface area contributed by atoms with Gasteiger partial charge in [0, 0.05) is 43.3 Å². The van der Waals surface area contributed by atoms with Gasteiger partial charge in [-0.15, -0.1) is 0 Å². The van der Waals surface area contributed by atoms with Crippen molar-refractivity contribution in [3.8, 4) is 0 Å². The molecule has 0 saturated heterocycles. The Morgan fingerprint density at radius 2 is 2.05 bits per heavy atom. The molecule has 20 heavy (non-hydrogen) atoms. The number of aromatic nitrogens is 2. The maximum absolute atomic E-state index is 4.20. The van der Waals surface area contributed by atoms with E-state index in [0.717, 1.165) is 26.1 Å². The second-order valence-electron chi connectivity index (χ2n) is 5.45. The molecule has 100 valence electrons. The summed E-state index contributed by atoms with van der Waals surface area (Å²) in [6.07, 6.45) is 4.90. The molecule has 1 aliphatic heterocycles. The van der Waals surface area contributed by atoms with Crippen molar-refractivity contribution >= 4 is 10.9 Å². The first-order chi connectivity index (χ1) is 9.90. The number of nitrogens with zero attached hydrogens (tertiary/aromatic N) is 2. The summed E-state index contributed by atoms with van der Waals surface area (Å²) in [6.45, 7) is 3.16. The summed E-state index contributed by atoms with van der Waals surface area (Å²) in [5.74, 6) is 0. The average molecular weight is 263 g/mol. The van der Waals surface area contributed by atoms with Gasteiger partial charge in [-0.2, -0.15) is 0 Å². The normalized spacial score (nSPS) is 15.4. The Labute approximate surface area is 118 Å². The standard InChI is InChI=1S/C17H17N3/c1-2-4-13(5-3-1)11-20-9-7-16-15(12-20)14-6-8-18-10-17(14)19-16/h1-6,8,10,19H,7,9,11-12H2. The lowest BCUT2D eigenvalue weighted by molar-refractivity contribution is 0.245. The third-order valence-corrected chi connectivity index (χ3v) is 4.10. The summed E-state index contributed by atoms with van der Waals surface area (Å²) in [6, 6.07) is 12.8.